The molecule has 9 heteroatoms. The van der Waals surface area contributed by atoms with Crippen LogP contribution < -0.4 is 5.32 Å². The van der Waals surface area contributed by atoms with Crippen molar-refractivity contribution in [2.45, 2.75) is 6.42 Å². The Hall–Kier alpha value is -2.55. The van der Waals surface area contributed by atoms with Crippen LogP contribution in [0.1, 0.15) is 5.56 Å². The molecule has 3 amide bonds. The van der Waals surface area contributed by atoms with Gasteiger partial charge in [0.25, 0.3) is 0 Å². The van der Waals surface area contributed by atoms with Crippen molar-refractivity contribution in [3.05, 3.63) is 36.0 Å². The average Bonchev–Trinajstić information content (AvgIpc) is 3.04. The van der Waals surface area contributed by atoms with Gasteiger partial charge in [-0.05, 0) is 11.6 Å². The van der Waals surface area contributed by atoms with E-state index in [1.165, 1.54) is 0 Å². The Labute approximate surface area is 158 Å². The summed E-state index contributed by atoms with van der Waals surface area (Å²) in [7, 11) is -3.10. The van der Waals surface area contributed by atoms with Crippen molar-refractivity contribution in [3.63, 3.8) is 0 Å². The standard InChI is InChI=1S/C18H24N4O4S/c1-27(25,26)11-6-19-18(24)22-9-7-21(8-10-22)17(23)12-14-13-20-16-5-3-2-4-15(14)16/h2-5,13,20H,6-12H2,1H3,(H,19,24). The molecule has 2 aromatic rings. The monoisotopic (exact) mass is 392 g/mol. The second-order valence-corrected chi connectivity index (χ2v) is 9.03. The Morgan fingerprint density at radius 2 is 1.78 bits per heavy atom. The number of fused-ring (bicyclic) bond motifs is 1. The molecule has 1 aromatic heterocycles. The van der Waals surface area contributed by atoms with E-state index in [9.17, 15) is 18.0 Å². The van der Waals surface area contributed by atoms with Gasteiger partial charge in [0.1, 0.15) is 9.84 Å². The Morgan fingerprint density at radius 1 is 1.11 bits per heavy atom. The van der Waals surface area contributed by atoms with Gasteiger partial charge in [0.05, 0.1) is 12.2 Å². The third-order valence-corrected chi connectivity index (χ3v) is 5.63. The van der Waals surface area contributed by atoms with Crippen LogP contribution in [0.4, 0.5) is 4.79 Å². The first-order valence-electron chi connectivity index (χ1n) is 8.87. The summed E-state index contributed by atoms with van der Waals surface area (Å²) < 4.78 is 22.2. The maximum absolute atomic E-state index is 12.6. The van der Waals surface area contributed by atoms with Crippen LogP contribution in [0, 0.1) is 0 Å². The van der Waals surface area contributed by atoms with Crippen LogP contribution in [0.25, 0.3) is 10.9 Å². The number of rotatable bonds is 5. The van der Waals surface area contributed by atoms with Gasteiger partial charge < -0.3 is 20.1 Å². The highest BCUT2D eigenvalue weighted by atomic mass is 32.2. The molecular formula is C18H24N4O4S. The lowest BCUT2D eigenvalue weighted by molar-refractivity contribution is -0.131. The van der Waals surface area contributed by atoms with Gasteiger partial charge >= 0.3 is 6.03 Å². The van der Waals surface area contributed by atoms with Gasteiger partial charge in [-0.2, -0.15) is 0 Å². The van der Waals surface area contributed by atoms with E-state index >= 15 is 0 Å². The molecule has 0 atom stereocenters. The summed E-state index contributed by atoms with van der Waals surface area (Å²) in [6, 6.07) is 7.58. The third-order valence-electron chi connectivity index (χ3n) is 4.69. The fourth-order valence-electron chi connectivity index (χ4n) is 3.17. The van der Waals surface area contributed by atoms with Crippen molar-refractivity contribution in [2.24, 2.45) is 0 Å². The third kappa shape index (κ3) is 5.00. The SMILES string of the molecule is CS(=O)(=O)CCNC(=O)N1CCN(C(=O)Cc2c[nH]c3ccccc23)CC1. The number of amides is 3. The molecule has 1 aliphatic heterocycles. The van der Waals surface area contributed by atoms with E-state index in [1.807, 2.05) is 30.5 Å². The number of aromatic nitrogens is 1. The summed E-state index contributed by atoms with van der Waals surface area (Å²) >= 11 is 0. The number of urea groups is 1. The molecule has 0 saturated carbocycles. The predicted octanol–water partition coefficient (Wildman–Crippen LogP) is 0.609. The van der Waals surface area contributed by atoms with Gasteiger partial charge in [-0.1, -0.05) is 18.2 Å². The lowest BCUT2D eigenvalue weighted by atomic mass is 10.1. The average molecular weight is 392 g/mol. The van der Waals surface area contributed by atoms with Crippen molar-refractivity contribution in [1.82, 2.24) is 20.1 Å². The molecular weight excluding hydrogens is 368 g/mol. The Morgan fingerprint density at radius 3 is 2.48 bits per heavy atom. The summed E-state index contributed by atoms with van der Waals surface area (Å²) in [4.78, 5) is 31.2. The minimum atomic E-state index is -3.10. The number of para-hydroxylation sites is 1. The number of piperazine rings is 1. The number of nitrogens with one attached hydrogen (secondary N) is 2. The van der Waals surface area contributed by atoms with E-state index in [-0.39, 0.29) is 24.2 Å². The first-order valence-corrected chi connectivity index (χ1v) is 10.9. The molecule has 27 heavy (non-hydrogen) atoms. The molecule has 1 saturated heterocycles. The number of sulfone groups is 1. The van der Waals surface area contributed by atoms with Crippen LogP contribution >= 0.6 is 0 Å². The molecule has 146 valence electrons. The van der Waals surface area contributed by atoms with Gasteiger partial charge in [0.15, 0.2) is 0 Å². The molecule has 1 fully saturated rings. The number of nitrogens with zero attached hydrogens (tertiary/aromatic N) is 2. The summed E-state index contributed by atoms with van der Waals surface area (Å²) in [6.07, 6.45) is 3.33. The van der Waals surface area contributed by atoms with Crippen LogP contribution in [0.2, 0.25) is 0 Å². The quantitative estimate of drug-likeness (QED) is 0.778. The maximum Gasteiger partial charge on any atom is 0.317 e. The summed E-state index contributed by atoms with van der Waals surface area (Å²) in [5.41, 5.74) is 1.98. The number of carbonyl (C=O) groups is 2. The number of carbonyl (C=O) groups excluding carboxylic acids is 2. The molecule has 0 unspecified atom stereocenters. The van der Waals surface area contributed by atoms with Gasteiger partial charge in [0.2, 0.25) is 5.91 Å². The number of aromatic amines is 1. The minimum Gasteiger partial charge on any atom is -0.361 e. The molecule has 2 heterocycles. The van der Waals surface area contributed by atoms with E-state index in [0.29, 0.717) is 32.6 Å². The van der Waals surface area contributed by atoms with Gasteiger partial charge in [-0.15, -0.1) is 0 Å². The van der Waals surface area contributed by atoms with Gasteiger partial charge in [0, 0.05) is 56.1 Å². The second-order valence-electron chi connectivity index (χ2n) is 6.77. The Bertz CT molecular complexity index is 930. The topological polar surface area (TPSA) is 103 Å². The smallest absolute Gasteiger partial charge is 0.317 e. The van der Waals surface area contributed by atoms with E-state index in [2.05, 4.69) is 10.3 Å². The first-order chi connectivity index (χ1) is 12.8. The molecule has 1 aliphatic rings. The highest BCUT2D eigenvalue weighted by molar-refractivity contribution is 7.90. The highest BCUT2D eigenvalue weighted by Crippen LogP contribution is 2.19. The van der Waals surface area contributed by atoms with Gasteiger partial charge in [-0.3, -0.25) is 4.79 Å². The molecule has 0 spiro atoms. The Kier molecular flexibility index (Phi) is 5.69. The summed E-state index contributed by atoms with van der Waals surface area (Å²) in [5.74, 6) is -0.0428. The highest BCUT2D eigenvalue weighted by Gasteiger charge is 2.24. The molecule has 2 N–H and O–H groups in total. The van der Waals surface area contributed by atoms with E-state index in [0.717, 1.165) is 22.7 Å². The zero-order valence-electron chi connectivity index (χ0n) is 15.3. The molecule has 1 aromatic carbocycles. The van der Waals surface area contributed by atoms with Crippen molar-refractivity contribution in [2.75, 3.05) is 44.7 Å². The van der Waals surface area contributed by atoms with Crippen molar-refractivity contribution < 1.29 is 18.0 Å². The molecule has 0 radical (unpaired) electrons. The van der Waals surface area contributed by atoms with Crippen molar-refractivity contribution in [3.8, 4) is 0 Å². The zero-order chi connectivity index (χ0) is 19.4. The van der Waals surface area contributed by atoms with Crippen LogP contribution in [-0.4, -0.2) is 79.9 Å². The summed E-state index contributed by atoms with van der Waals surface area (Å²) in [6.45, 7) is 1.91. The van der Waals surface area contributed by atoms with Crippen molar-refractivity contribution in [1.29, 1.82) is 0 Å². The largest absolute Gasteiger partial charge is 0.361 e. The van der Waals surface area contributed by atoms with E-state index in [4.69, 9.17) is 0 Å². The minimum absolute atomic E-state index is 0.0388. The van der Waals surface area contributed by atoms with Crippen LogP contribution in [-0.2, 0) is 21.1 Å². The Balaban J connectivity index is 1.48. The predicted molar refractivity (Wildman–Crippen MR) is 103 cm³/mol. The fraction of sp³-hybridized carbons (Fsp3) is 0.444. The molecule has 3 rings (SSSR count). The lowest BCUT2D eigenvalue weighted by Gasteiger charge is -2.34. The number of benzene rings is 1. The maximum atomic E-state index is 12.6. The van der Waals surface area contributed by atoms with Crippen molar-refractivity contribution >= 4 is 32.7 Å². The van der Waals surface area contributed by atoms with Crippen LogP contribution in [0.3, 0.4) is 0 Å². The van der Waals surface area contributed by atoms with Crippen LogP contribution in [0.5, 0.6) is 0 Å². The van der Waals surface area contributed by atoms with Gasteiger partial charge in [-0.25, -0.2) is 13.2 Å². The summed E-state index contributed by atoms with van der Waals surface area (Å²) in [5, 5.41) is 3.66. The van der Waals surface area contributed by atoms with E-state index < -0.39 is 9.84 Å². The number of hydrogen-bond acceptors (Lipinski definition) is 4. The first kappa shape index (κ1) is 19.2. The lowest BCUT2D eigenvalue weighted by Crippen LogP contribution is -2.53. The fourth-order valence-corrected chi connectivity index (χ4v) is 3.64. The zero-order valence-corrected chi connectivity index (χ0v) is 16.1. The molecule has 0 aliphatic carbocycles. The molecule has 8 nitrogen and oxygen atoms in total. The number of hydrogen-bond donors (Lipinski definition) is 2. The molecule has 0 bridgehead atoms. The normalized spacial score (nSPS) is 15.1. The van der Waals surface area contributed by atoms with Crippen LogP contribution in [0.15, 0.2) is 30.5 Å². The second kappa shape index (κ2) is 7.99. The number of H-pyrrole nitrogens is 1. The van der Waals surface area contributed by atoms with E-state index in [1.54, 1.807) is 9.80 Å².